The third-order valence-electron chi connectivity index (χ3n) is 5.59. The lowest BCUT2D eigenvalue weighted by molar-refractivity contribution is -0.116. The molecule has 0 fully saturated rings. The number of aromatic nitrogens is 2. The van der Waals surface area contributed by atoms with Crippen LogP contribution in [0.3, 0.4) is 0 Å². The van der Waals surface area contributed by atoms with Crippen LogP contribution in [0.5, 0.6) is 5.75 Å². The van der Waals surface area contributed by atoms with Gasteiger partial charge >= 0.3 is 0 Å². The van der Waals surface area contributed by atoms with Gasteiger partial charge in [0.15, 0.2) is 5.78 Å². The molecule has 0 saturated heterocycles. The van der Waals surface area contributed by atoms with Gasteiger partial charge in [-0.15, -0.1) is 0 Å². The number of allylic oxidation sites excluding steroid dienone is 2. The Bertz CT molecular complexity index is 1140. The number of carbonyl (C=O) groups is 1. The Hall–Kier alpha value is -3.54. The van der Waals surface area contributed by atoms with Crippen LogP contribution in [0.1, 0.15) is 41.9 Å². The quantitative estimate of drug-likeness (QED) is 0.635. The first-order chi connectivity index (χ1) is 14.2. The van der Waals surface area contributed by atoms with E-state index in [9.17, 15) is 9.59 Å². The summed E-state index contributed by atoms with van der Waals surface area (Å²) in [5.41, 5.74) is 4.00. The van der Waals surface area contributed by atoms with Gasteiger partial charge in [-0.2, -0.15) is 0 Å². The van der Waals surface area contributed by atoms with Crippen molar-refractivity contribution < 1.29 is 9.53 Å². The summed E-state index contributed by atoms with van der Waals surface area (Å²) >= 11 is 0. The van der Waals surface area contributed by atoms with Gasteiger partial charge in [-0.1, -0.05) is 42.5 Å². The van der Waals surface area contributed by atoms with Gasteiger partial charge in [0.2, 0.25) is 0 Å². The molecule has 3 aromatic rings. The van der Waals surface area contributed by atoms with Crippen molar-refractivity contribution in [2.75, 3.05) is 5.32 Å². The molecule has 0 saturated carbocycles. The number of H-pyrrole nitrogens is 2. The normalized spacial score (nSPS) is 18.1. The summed E-state index contributed by atoms with van der Waals surface area (Å²) in [6, 6.07) is 17.7. The van der Waals surface area contributed by atoms with Crippen LogP contribution in [-0.2, 0) is 11.4 Å². The number of hydrogen-bond donors (Lipinski definition) is 3. The number of ether oxygens (including phenoxy) is 1. The van der Waals surface area contributed by atoms with Crippen LogP contribution >= 0.6 is 0 Å². The zero-order valence-electron chi connectivity index (χ0n) is 15.8. The summed E-state index contributed by atoms with van der Waals surface area (Å²) in [5.74, 6) is 1.14. The number of rotatable bonds is 4. The first-order valence-corrected chi connectivity index (χ1v) is 9.81. The van der Waals surface area contributed by atoms with Crippen LogP contribution in [0.15, 0.2) is 70.7 Å². The highest BCUT2D eigenvalue weighted by molar-refractivity contribution is 6.00. The van der Waals surface area contributed by atoms with E-state index < -0.39 is 0 Å². The number of fused-ring (bicyclic) bond motifs is 1. The number of nitrogens with one attached hydrogen (secondary N) is 3. The van der Waals surface area contributed by atoms with Crippen molar-refractivity contribution in [2.45, 2.75) is 31.8 Å². The van der Waals surface area contributed by atoms with Crippen LogP contribution in [-0.4, -0.2) is 16.0 Å². The molecular formula is C23H21N3O3. The number of Topliss-reactive ketones (excluding diaryl/α,β-unsaturated/α-hetero) is 1. The molecule has 5 rings (SSSR count). The van der Waals surface area contributed by atoms with Gasteiger partial charge in [0, 0.05) is 23.6 Å². The Labute approximate surface area is 167 Å². The molecule has 2 aromatic carbocycles. The summed E-state index contributed by atoms with van der Waals surface area (Å²) in [7, 11) is 0. The first-order valence-electron chi connectivity index (χ1n) is 9.81. The van der Waals surface area contributed by atoms with Crippen molar-refractivity contribution >= 4 is 11.6 Å². The number of anilines is 1. The van der Waals surface area contributed by atoms with Crippen LogP contribution < -0.4 is 15.6 Å². The molecule has 6 heteroatoms. The predicted molar refractivity (Wildman–Crippen MR) is 110 cm³/mol. The minimum atomic E-state index is -0.368. The maximum absolute atomic E-state index is 12.7. The third kappa shape index (κ3) is 3.16. The molecule has 1 aliphatic heterocycles. The fraction of sp³-hybridized carbons (Fsp3) is 0.217. The zero-order chi connectivity index (χ0) is 19.8. The summed E-state index contributed by atoms with van der Waals surface area (Å²) < 4.78 is 5.87. The molecule has 6 nitrogen and oxygen atoms in total. The Kier molecular flexibility index (Phi) is 4.31. The average molecular weight is 387 g/mol. The SMILES string of the molecule is O=C1CCCC2=C1[C@@H](c1ccc(OCc3ccccc3)cc1)c1c([nH][nH]c1=O)N2. The van der Waals surface area contributed by atoms with Gasteiger partial charge in [-0.3, -0.25) is 19.8 Å². The monoisotopic (exact) mass is 387 g/mol. The molecule has 0 spiro atoms. The highest BCUT2D eigenvalue weighted by atomic mass is 16.5. The Balaban J connectivity index is 1.47. The molecule has 2 heterocycles. The van der Waals surface area contributed by atoms with Gasteiger partial charge in [0.25, 0.3) is 5.56 Å². The molecule has 29 heavy (non-hydrogen) atoms. The maximum Gasteiger partial charge on any atom is 0.270 e. The van der Waals surface area contributed by atoms with E-state index >= 15 is 0 Å². The fourth-order valence-corrected chi connectivity index (χ4v) is 4.20. The number of hydrogen-bond acceptors (Lipinski definition) is 4. The highest BCUT2D eigenvalue weighted by Gasteiger charge is 2.37. The second-order valence-corrected chi connectivity index (χ2v) is 7.44. The van der Waals surface area contributed by atoms with E-state index in [-0.39, 0.29) is 17.3 Å². The number of aromatic amines is 2. The molecule has 3 N–H and O–H groups in total. The second-order valence-electron chi connectivity index (χ2n) is 7.44. The van der Waals surface area contributed by atoms with E-state index in [1.807, 2.05) is 54.6 Å². The first kappa shape index (κ1) is 17.6. The lowest BCUT2D eigenvalue weighted by Gasteiger charge is -2.31. The number of benzene rings is 2. The summed E-state index contributed by atoms with van der Waals surface area (Å²) in [5, 5.41) is 8.80. The molecule has 1 aromatic heterocycles. The lowest BCUT2D eigenvalue weighted by atomic mass is 9.77. The summed E-state index contributed by atoms with van der Waals surface area (Å²) in [4.78, 5) is 25.2. The molecule has 0 unspecified atom stereocenters. The van der Waals surface area contributed by atoms with Crippen molar-refractivity contribution in [3.05, 3.63) is 92.9 Å². The van der Waals surface area contributed by atoms with Crippen LogP contribution in [0.2, 0.25) is 0 Å². The molecular weight excluding hydrogens is 366 g/mol. The van der Waals surface area contributed by atoms with Crippen molar-refractivity contribution in [1.29, 1.82) is 0 Å². The van der Waals surface area contributed by atoms with Crippen LogP contribution in [0, 0.1) is 0 Å². The largest absolute Gasteiger partial charge is 0.489 e. The minimum absolute atomic E-state index is 0.111. The number of carbonyl (C=O) groups excluding carboxylic acids is 1. The predicted octanol–water partition coefficient (Wildman–Crippen LogP) is 3.85. The molecule has 0 radical (unpaired) electrons. The van der Waals surface area contributed by atoms with E-state index in [0.717, 1.165) is 35.4 Å². The molecule has 0 bridgehead atoms. The third-order valence-corrected chi connectivity index (χ3v) is 5.59. The fourth-order valence-electron chi connectivity index (χ4n) is 4.20. The van der Waals surface area contributed by atoms with Gasteiger partial charge in [0.1, 0.15) is 18.2 Å². The van der Waals surface area contributed by atoms with Crippen molar-refractivity contribution in [2.24, 2.45) is 0 Å². The van der Waals surface area contributed by atoms with Crippen molar-refractivity contribution in [3.63, 3.8) is 0 Å². The summed E-state index contributed by atoms with van der Waals surface area (Å²) in [6.45, 7) is 0.489. The Morgan fingerprint density at radius 2 is 1.72 bits per heavy atom. The molecule has 2 aliphatic rings. The van der Waals surface area contributed by atoms with Gasteiger partial charge in [-0.05, 0) is 36.1 Å². The molecule has 1 aliphatic carbocycles. The second kappa shape index (κ2) is 7.13. The lowest BCUT2D eigenvalue weighted by Crippen LogP contribution is -2.29. The molecule has 1 atom stereocenters. The molecule has 146 valence electrons. The maximum atomic E-state index is 12.7. The molecule has 0 amide bonds. The van der Waals surface area contributed by atoms with Gasteiger partial charge < -0.3 is 10.1 Å². The highest BCUT2D eigenvalue weighted by Crippen LogP contribution is 2.43. The van der Waals surface area contributed by atoms with Crippen LogP contribution in [0.4, 0.5) is 5.82 Å². The standard InChI is InChI=1S/C23H21N3O3/c27-18-8-4-7-17-20(18)19(21-22(24-17)25-26-23(21)28)15-9-11-16(12-10-15)29-13-14-5-2-1-3-6-14/h1-3,5-6,9-12,19H,4,7-8,13H2,(H3,24,25,26,28)/t19-/m1/s1. The van der Waals surface area contributed by atoms with Crippen molar-refractivity contribution in [1.82, 2.24) is 10.2 Å². The van der Waals surface area contributed by atoms with Gasteiger partial charge in [-0.25, -0.2) is 0 Å². The van der Waals surface area contributed by atoms with Crippen molar-refractivity contribution in [3.8, 4) is 5.75 Å². The van der Waals surface area contributed by atoms with E-state index in [0.29, 0.717) is 30.0 Å². The van der Waals surface area contributed by atoms with Crippen LogP contribution in [0.25, 0.3) is 0 Å². The van der Waals surface area contributed by atoms with E-state index in [2.05, 4.69) is 15.5 Å². The average Bonchev–Trinajstić information content (AvgIpc) is 3.13. The van der Waals surface area contributed by atoms with Gasteiger partial charge in [0.05, 0.1) is 5.56 Å². The number of ketones is 1. The van der Waals surface area contributed by atoms with E-state index in [1.54, 1.807) is 0 Å². The Morgan fingerprint density at radius 3 is 2.52 bits per heavy atom. The minimum Gasteiger partial charge on any atom is -0.489 e. The van der Waals surface area contributed by atoms with E-state index in [1.165, 1.54) is 0 Å². The zero-order valence-corrected chi connectivity index (χ0v) is 15.8. The summed E-state index contributed by atoms with van der Waals surface area (Å²) in [6.07, 6.45) is 2.16. The Morgan fingerprint density at radius 1 is 0.931 bits per heavy atom. The smallest absolute Gasteiger partial charge is 0.270 e. The van der Waals surface area contributed by atoms with E-state index in [4.69, 9.17) is 4.74 Å². The topological polar surface area (TPSA) is 87.0 Å².